The molecule has 0 fully saturated rings. The van der Waals surface area contributed by atoms with Crippen LogP contribution in [0.5, 0.6) is 5.75 Å². The van der Waals surface area contributed by atoms with Gasteiger partial charge in [-0.05, 0) is 83.4 Å². The Hall–Kier alpha value is -3.89. The Morgan fingerprint density at radius 3 is 2.39 bits per heavy atom. The number of carbonyl (C=O) groups is 2. The van der Waals surface area contributed by atoms with Gasteiger partial charge in [-0.15, -0.1) is 0 Å². The van der Waals surface area contributed by atoms with Crippen molar-refractivity contribution >= 4 is 45.2 Å². The van der Waals surface area contributed by atoms with E-state index in [-0.39, 0.29) is 18.1 Å². The number of nitriles is 1. The zero-order valence-corrected chi connectivity index (χ0v) is 19.8. The molecule has 0 heterocycles. The summed E-state index contributed by atoms with van der Waals surface area (Å²) in [5, 5.41) is 14.9. The second kappa shape index (κ2) is 11.1. The van der Waals surface area contributed by atoms with Gasteiger partial charge in [0.2, 0.25) is 0 Å². The van der Waals surface area contributed by atoms with Crippen molar-refractivity contribution in [1.82, 2.24) is 0 Å². The van der Waals surface area contributed by atoms with Crippen molar-refractivity contribution < 1.29 is 14.3 Å². The van der Waals surface area contributed by atoms with E-state index in [4.69, 9.17) is 4.74 Å². The summed E-state index contributed by atoms with van der Waals surface area (Å²) in [5.74, 6) is -0.309. The zero-order valence-electron chi connectivity index (χ0n) is 18.2. The molecule has 0 aromatic heterocycles. The highest BCUT2D eigenvalue weighted by Crippen LogP contribution is 2.27. The van der Waals surface area contributed by atoms with E-state index >= 15 is 0 Å². The van der Waals surface area contributed by atoms with Gasteiger partial charge >= 0.3 is 0 Å². The van der Waals surface area contributed by atoms with E-state index in [9.17, 15) is 14.9 Å². The van der Waals surface area contributed by atoms with Crippen LogP contribution in [0.1, 0.15) is 16.7 Å². The first-order valence-corrected chi connectivity index (χ1v) is 10.9. The van der Waals surface area contributed by atoms with Gasteiger partial charge in [-0.1, -0.05) is 35.9 Å². The Morgan fingerprint density at radius 1 is 0.970 bits per heavy atom. The van der Waals surface area contributed by atoms with Gasteiger partial charge in [0.05, 0.1) is 4.47 Å². The van der Waals surface area contributed by atoms with Crippen molar-refractivity contribution in [2.24, 2.45) is 0 Å². The first kappa shape index (κ1) is 23.8. The number of anilines is 2. The van der Waals surface area contributed by atoms with Gasteiger partial charge in [0, 0.05) is 11.4 Å². The second-order valence-corrected chi connectivity index (χ2v) is 8.24. The van der Waals surface area contributed by atoms with Crippen LogP contribution in [0.25, 0.3) is 6.08 Å². The minimum Gasteiger partial charge on any atom is -0.483 e. The lowest BCUT2D eigenvalue weighted by Crippen LogP contribution is -2.20. The number of carbonyl (C=O) groups excluding carboxylic acids is 2. The SMILES string of the molecule is Cc1ccc(NC(=O)/C(C#N)=C/c2ccc(OCC(=O)Nc3cccc(C)c3)c(Br)c2)cc1. The highest BCUT2D eigenvalue weighted by Gasteiger charge is 2.11. The predicted molar refractivity (Wildman–Crippen MR) is 133 cm³/mol. The van der Waals surface area contributed by atoms with Crippen molar-refractivity contribution in [3.8, 4) is 11.8 Å². The van der Waals surface area contributed by atoms with E-state index in [0.29, 0.717) is 27.2 Å². The number of benzene rings is 3. The van der Waals surface area contributed by atoms with Gasteiger partial charge in [0.15, 0.2) is 6.61 Å². The maximum atomic E-state index is 12.5. The van der Waals surface area contributed by atoms with Crippen LogP contribution in [0.15, 0.2) is 76.8 Å². The van der Waals surface area contributed by atoms with Crippen molar-refractivity contribution in [1.29, 1.82) is 5.26 Å². The molecule has 0 bridgehead atoms. The lowest BCUT2D eigenvalue weighted by atomic mass is 10.1. The molecule has 0 aliphatic heterocycles. The highest BCUT2D eigenvalue weighted by atomic mass is 79.9. The number of rotatable bonds is 7. The molecule has 0 atom stereocenters. The molecule has 0 unspecified atom stereocenters. The number of halogens is 1. The smallest absolute Gasteiger partial charge is 0.266 e. The number of aryl methyl sites for hydroxylation is 2. The number of hydrogen-bond donors (Lipinski definition) is 2. The Balaban J connectivity index is 1.63. The van der Waals surface area contributed by atoms with Crippen LogP contribution in [0, 0.1) is 25.2 Å². The van der Waals surface area contributed by atoms with Crippen LogP contribution in [-0.2, 0) is 9.59 Å². The van der Waals surface area contributed by atoms with Crippen molar-refractivity contribution in [2.45, 2.75) is 13.8 Å². The Labute approximate surface area is 201 Å². The molecule has 3 aromatic carbocycles. The molecule has 2 N–H and O–H groups in total. The number of ether oxygens (including phenoxy) is 1. The summed E-state index contributed by atoms with van der Waals surface area (Å²) < 4.78 is 6.19. The number of hydrogen-bond acceptors (Lipinski definition) is 4. The minimum atomic E-state index is -0.495. The maximum Gasteiger partial charge on any atom is 0.266 e. The average Bonchev–Trinajstić information content (AvgIpc) is 2.78. The van der Waals surface area contributed by atoms with Crippen LogP contribution in [0.2, 0.25) is 0 Å². The molecule has 0 spiro atoms. The summed E-state index contributed by atoms with van der Waals surface area (Å²) in [6.45, 7) is 3.74. The fourth-order valence-electron chi connectivity index (χ4n) is 2.94. The topological polar surface area (TPSA) is 91.2 Å². The van der Waals surface area contributed by atoms with Crippen molar-refractivity contribution in [3.63, 3.8) is 0 Å². The normalized spacial score (nSPS) is 10.8. The van der Waals surface area contributed by atoms with E-state index in [2.05, 4.69) is 26.6 Å². The Kier molecular flexibility index (Phi) is 8.01. The summed E-state index contributed by atoms with van der Waals surface area (Å²) >= 11 is 3.41. The molecule has 7 heteroatoms. The molecule has 0 saturated heterocycles. The van der Waals surface area contributed by atoms with Crippen LogP contribution in [-0.4, -0.2) is 18.4 Å². The van der Waals surface area contributed by atoms with E-state index in [1.165, 1.54) is 6.08 Å². The lowest BCUT2D eigenvalue weighted by Gasteiger charge is -2.10. The molecular formula is C26H22BrN3O3. The second-order valence-electron chi connectivity index (χ2n) is 7.39. The first-order chi connectivity index (χ1) is 15.8. The number of nitrogens with zero attached hydrogens (tertiary/aromatic N) is 1. The van der Waals surface area contributed by atoms with E-state index in [1.54, 1.807) is 30.3 Å². The highest BCUT2D eigenvalue weighted by molar-refractivity contribution is 9.10. The van der Waals surface area contributed by atoms with Crippen molar-refractivity contribution in [2.75, 3.05) is 17.2 Å². The van der Waals surface area contributed by atoms with Crippen LogP contribution in [0.4, 0.5) is 11.4 Å². The van der Waals surface area contributed by atoms with Gasteiger partial charge in [-0.25, -0.2) is 0 Å². The first-order valence-electron chi connectivity index (χ1n) is 10.1. The fraction of sp³-hybridized carbons (Fsp3) is 0.115. The monoisotopic (exact) mass is 503 g/mol. The van der Waals surface area contributed by atoms with Crippen LogP contribution >= 0.6 is 15.9 Å². The number of nitrogens with one attached hydrogen (secondary N) is 2. The molecule has 6 nitrogen and oxygen atoms in total. The summed E-state index contributed by atoms with van der Waals surface area (Å²) in [5.41, 5.74) is 4.03. The third-order valence-corrected chi connectivity index (χ3v) is 5.22. The molecule has 0 aliphatic rings. The summed E-state index contributed by atoms with van der Waals surface area (Å²) in [6, 6.07) is 21.8. The van der Waals surface area contributed by atoms with E-state index < -0.39 is 5.91 Å². The molecule has 166 valence electrons. The molecule has 3 rings (SSSR count). The minimum absolute atomic E-state index is 0.0336. The molecule has 3 aromatic rings. The van der Waals surface area contributed by atoms with E-state index in [1.807, 2.05) is 56.3 Å². The Bertz CT molecular complexity index is 1240. The van der Waals surface area contributed by atoms with Gasteiger partial charge in [0.1, 0.15) is 17.4 Å². The van der Waals surface area contributed by atoms with Gasteiger partial charge in [0.25, 0.3) is 11.8 Å². The summed E-state index contributed by atoms with van der Waals surface area (Å²) in [4.78, 5) is 24.6. The number of amides is 2. The van der Waals surface area contributed by atoms with Crippen molar-refractivity contribution in [3.05, 3.63) is 93.5 Å². The lowest BCUT2D eigenvalue weighted by molar-refractivity contribution is -0.118. The standard InChI is InChI=1S/C26H22BrN3O3/c1-17-6-9-21(10-7-17)30-26(32)20(15-28)13-19-8-11-24(23(27)14-19)33-16-25(31)29-22-5-3-4-18(2)12-22/h3-14H,16H2,1-2H3,(H,29,31)(H,30,32)/b20-13+. The van der Waals surface area contributed by atoms with Crippen LogP contribution in [0.3, 0.4) is 0 Å². The average molecular weight is 504 g/mol. The van der Waals surface area contributed by atoms with Crippen LogP contribution < -0.4 is 15.4 Å². The summed E-state index contributed by atoms with van der Waals surface area (Å²) in [7, 11) is 0. The van der Waals surface area contributed by atoms with Gasteiger partial charge in [-0.2, -0.15) is 5.26 Å². The van der Waals surface area contributed by atoms with E-state index in [0.717, 1.165) is 11.1 Å². The molecule has 2 amide bonds. The van der Waals surface area contributed by atoms with Gasteiger partial charge < -0.3 is 15.4 Å². The van der Waals surface area contributed by atoms with Gasteiger partial charge in [-0.3, -0.25) is 9.59 Å². The molecular weight excluding hydrogens is 482 g/mol. The molecule has 0 aliphatic carbocycles. The maximum absolute atomic E-state index is 12.5. The molecule has 0 radical (unpaired) electrons. The summed E-state index contributed by atoms with van der Waals surface area (Å²) in [6.07, 6.45) is 1.49. The quantitative estimate of drug-likeness (QED) is 0.322. The molecule has 33 heavy (non-hydrogen) atoms. The zero-order chi connectivity index (χ0) is 23.8. The molecule has 0 saturated carbocycles. The Morgan fingerprint density at radius 2 is 1.73 bits per heavy atom. The third-order valence-electron chi connectivity index (χ3n) is 4.60. The largest absolute Gasteiger partial charge is 0.483 e. The third kappa shape index (κ3) is 7.06. The predicted octanol–water partition coefficient (Wildman–Crippen LogP) is 5.63. The fourth-order valence-corrected chi connectivity index (χ4v) is 3.45.